The van der Waals surface area contributed by atoms with Crippen LogP contribution in [0.3, 0.4) is 0 Å². The Hall–Kier alpha value is -1.21. The number of quaternary nitrogens is 1. The van der Waals surface area contributed by atoms with Crippen LogP contribution >= 0.6 is 0 Å². The first kappa shape index (κ1) is 16.8. The van der Waals surface area contributed by atoms with Crippen molar-refractivity contribution in [2.45, 2.75) is 26.4 Å². The molecule has 0 heterocycles. The lowest BCUT2D eigenvalue weighted by molar-refractivity contribution is 0.0956. The predicted octanol–water partition coefficient (Wildman–Crippen LogP) is 2.73. The van der Waals surface area contributed by atoms with E-state index in [-0.39, 0.29) is 6.15 Å². The molecule has 0 atom stereocenters. The van der Waals surface area contributed by atoms with Gasteiger partial charge in [0.05, 0.1) is 0 Å². The lowest BCUT2D eigenvalue weighted by atomic mass is 9.91. The second-order valence-corrected chi connectivity index (χ2v) is 5.21. The van der Waals surface area contributed by atoms with Crippen LogP contribution in [0.1, 0.15) is 30.5 Å². The highest BCUT2D eigenvalue weighted by atomic mass is 32.3. The van der Waals surface area contributed by atoms with Crippen molar-refractivity contribution < 1.29 is 17.2 Å². The molecule has 1 aromatic carbocycles. The van der Waals surface area contributed by atoms with Crippen molar-refractivity contribution >= 4 is 16.5 Å². The maximum Gasteiger partial charge on any atom is 0.218 e. The molecule has 102 valence electrons. The zero-order chi connectivity index (χ0) is 13.3. The Balaban J connectivity index is 0.00000289. The number of hydrogen-bond donors (Lipinski definition) is 1. The van der Waals surface area contributed by atoms with Gasteiger partial charge in [-0.2, -0.15) is 0 Å². The van der Waals surface area contributed by atoms with Gasteiger partial charge in [0, 0.05) is 0 Å². The van der Waals surface area contributed by atoms with Crippen LogP contribution in [-0.4, -0.2) is 13.0 Å². The van der Waals surface area contributed by atoms with Crippen LogP contribution in [0.2, 0.25) is 0 Å². The van der Waals surface area contributed by atoms with Crippen LogP contribution in [0.25, 0.3) is 6.08 Å². The molecule has 1 rings (SSSR count). The summed E-state index contributed by atoms with van der Waals surface area (Å²) in [4.78, 5) is 0. The molecular formula is C12H19NO4S. The van der Waals surface area contributed by atoms with Crippen molar-refractivity contribution in [1.82, 2.24) is 6.15 Å². The fourth-order valence-electron chi connectivity index (χ4n) is 1.83. The third kappa shape index (κ3) is 3.92. The molecular weight excluding hydrogens is 254 g/mol. The summed E-state index contributed by atoms with van der Waals surface area (Å²) in [6.07, 6.45) is 1.67. The van der Waals surface area contributed by atoms with Crippen molar-refractivity contribution in [1.29, 1.82) is 0 Å². The topological polar surface area (TPSA) is 103 Å². The van der Waals surface area contributed by atoms with Crippen LogP contribution < -0.4 is 6.15 Å². The first-order valence-corrected chi connectivity index (χ1v) is 6.40. The van der Waals surface area contributed by atoms with Crippen LogP contribution in [0, 0.1) is 6.92 Å². The van der Waals surface area contributed by atoms with Crippen molar-refractivity contribution in [2.75, 3.05) is 0 Å². The van der Waals surface area contributed by atoms with Gasteiger partial charge in [-0.3, -0.25) is 4.18 Å². The summed E-state index contributed by atoms with van der Waals surface area (Å²) in [5.41, 5.74) is 1.18. The van der Waals surface area contributed by atoms with Gasteiger partial charge < -0.3 is 10.7 Å². The zero-order valence-electron chi connectivity index (χ0n) is 11.1. The summed E-state index contributed by atoms with van der Waals surface area (Å²) < 4.78 is 36.6. The van der Waals surface area contributed by atoms with E-state index >= 15 is 0 Å². The van der Waals surface area contributed by atoms with E-state index in [1.165, 1.54) is 13.8 Å². The van der Waals surface area contributed by atoms with E-state index in [2.05, 4.69) is 10.8 Å². The molecule has 0 unspecified atom stereocenters. The van der Waals surface area contributed by atoms with Gasteiger partial charge >= 0.3 is 0 Å². The SMILES string of the molecule is C=Cc1cccc(C(C)(C)OS(=O)(=O)[O-])c1C.[NH4+]. The fourth-order valence-corrected chi connectivity index (χ4v) is 2.43. The number of benzene rings is 1. The number of hydrogen-bond acceptors (Lipinski definition) is 4. The molecule has 5 nitrogen and oxygen atoms in total. The average Bonchev–Trinajstić information content (AvgIpc) is 2.14. The smallest absolute Gasteiger partial charge is 0.218 e. The predicted molar refractivity (Wildman–Crippen MR) is 71.1 cm³/mol. The second kappa shape index (κ2) is 5.62. The van der Waals surface area contributed by atoms with Gasteiger partial charge in [0.2, 0.25) is 10.4 Å². The van der Waals surface area contributed by atoms with Crippen molar-refractivity contribution in [3.63, 3.8) is 0 Å². The minimum atomic E-state index is -4.74. The Kier molecular flexibility index (Phi) is 5.24. The third-order valence-electron chi connectivity index (χ3n) is 2.55. The van der Waals surface area contributed by atoms with Gasteiger partial charge in [-0.25, -0.2) is 8.42 Å². The molecule has 0 aromatic heterocycles. The zero-order valence-corrected chi connectivity index (χ0v) is 11.9. The lowest BCUT2D eigenvalue weighted by Gasteiger charge is -2.28. The highest BCUT2D eigenvalue weighted by Gasteiger charge is 2.26. The van der Waals surface area contributed by atoms with E-state index in [1.54, 1.807) is 18.2 Å². The molecule has 0 saturated heterocycles. The Labute approximate surface area is 108 Å². The Morgan fingerprint density at radius 3 is 2.39 bits per heavy atom. The van der Waals surface area contributed by atoms with Gasteiger partial charge in [0.1, 0.15) is 5.60 Å². The molecule has 0 aliphatic rings. The molecule has 0 radical (unpaired) electrons. The number of rotatable bonds is 4. The highest BCUT2D eigenvalue weighted by molar-refractivity contribution is 7.80. The van der Waals surface area contributed by atoms with Crippen LogP contribution in [0.15, 0.2) is 24.8 Å². The molecule has 0 saturated carbocycles. The van der Waals surface area contributed by atoms with E-state index in [0.717, 1.165) is 11.1 Å². The molecule has 0 spiro atoms. The summed E-state index contributed by atoms with van der Waals surface area (Å²) in [6, 6.07) is 5.35. The Morgan fingerprint density at radius 2 is 1.94 bits per heavy atom. The van der Waals surface area contributed by atoms with Gasteiger partial charge in [0.25, 0.3) is 0 Å². The second-order valence-electron chi connectivity index (χ2n) is 4.23. The van der Waals surface area contributed by atoms with Crippen LogP contribution in [0.4, 0.5) is 0 Å². The summed E-state index contributed by atoms with van der Waals surface area (Å²) in [6.45, 7) is 8.58. The molecule has 0 amide bonds. The van der Waals surface area contributed by atoms with Crippen LogP contribution in [0.5, 0.6) is 0 Å². The van der Waals surface area contributed by atoms with Crippen molar-refractivity contribution in [3.05, 3.63) is 41.5 Å². The van der Waals surface area contributed by atoms with E-state index < -0.39 is 16.0 Å². The van der Waals surface area contributed by atoms with Gasteiger partial charge in [0.15, 0.2) is 0 Å². The standard InChI is InChI=1S/C12H16O4S.H3N/c1-5-10-7-6-8-11(9(10)2)12(3,4)16-17(13,14)15;/h5-8H,1H2,2-4H3,(H,13,14,15);1H3. The lowest BCUT2D eigenvalue weighted by Crippen LogP contribution is -2.26. The first-order valence-electron chi connectivity index (χ1n) is 5.06. The third-order valence-corrected chi connectivity index (χ3v) is 3.18. The van der Waals surface area contributed by atoms with Gasteiger partial charge in [-0.15, -0.1) is 0 Å². The molecule has 0 fully saturated rings. The quantitative estimate of drug-likeness (QED) is 0.672. The highest BCUT2D eigenvalue weighted by Crippen LogP contribution is 2.30. The normalized spacial score (nSPS) is 11.8. The van der Waals surface area contributed by atoms with E-state index in [0.29, 0.717) is 5.56 Å². The minimum Gasteiger partial charge on any atom is -0.725 e. The van der Waals surface area contributed by atoms with Gasteiger partial charge in [-0.05, 0) is 37.5 Å². The molecule has 18 heavy (non-hydrogen) atoms. The van der Waals surface area contributed by atoms with Crippen LogP contribution in [-0.2, 0) is 20.2 Å². The molecule has 0 bridgehead atoms. The monoisotopic (exact) mass is 273 g/mol. The maximum absolute atomic E-state index is 10.7. The summed E-state index contributed by atoms with van der Waals surface area (Å²) in [5.74, 6) is 0. The van der Waals surface area contributed by atoms with Crippen molar-refractivity contribution in [2.24, 2.45) is 0 Å². The Morgan fingerprint density at radius 1 is 1.39 bits per heavy atom. The first-order chi connectivity index (χ1) is 7.67. The minimum absolute atomic E-state index is 0. The summed E-state index contributed by atoms with van der Waals surface area (Å²) in [7, 11) is -4.74. The summed E-state index contributed by atoms with van der Waals surface area (Å²) >= 11 is 0. The molecule has 1 aromatic rings. The molecule has 4 N–H and O–H groups in total. The molecule has 0 aliphatic heterocycles. The van der Waals surface area contributed by atoms with E-state index in [1.807, 2.05) is 13.0 Å². The van der Waals surface area contributed by atoms with Gasteiger partial charge in [-0.1, -0.05) is 30.9 Å². The Bertz CT molecular complexity index is 535. The fraction of sp³-hybridized carbons (Fsp3) is 0.333. The maximum atomic E-state index is 10.7. The molecule has 6 heteroatoms. The summed E-state index contributed by atoms with van der Waals surface area (Å²) in [5, 5.41) is 0. The van der Waals surface area contributed by atoms with E-state index in [9.17, 15) is 13.0 Å². The molecule has 0 aliphatic carbocycles. The van der Waals surface area contributed by atoms with E-state index in [4.69, 9.17) is 0 Å². The average molecular weight is 273 g/mol. The largest absolute Gasteiger partial charge is 0.725 e. The van der Waals surface area contributed by atoms with Crippen molar-refractivity contribution in [3.8, 4) is 0 Å².